The van der Waals surface area contributed by atoms with E-state index < -0.39 is 29.9 Å². The number of hydrogen-bond acceptors (Lipinski definition) is 8. The summed E-state index contributed by atoms with van der Waals surface area (Å²) < 4.78 is 19.2. The molecular weight excluding hydrogens is 396 g/mol. The molecule has 9 heteroatoms. The lowest BCUT2D eigenvalue weighted by Gasteiger charge is -2.26. The summed E-state index contributed by atoms with van der Waals surface area (Å²) in [6, 6.07) is 14.5. The van der Waals surface area contributed by atoms with E-state index in [0.717, 1.165) is 26.5 Å². The van der Waals surface area contributed by atoms with Crippen LogP contribution >= 0.6 is 0 Å². The van der Waals surface area contributed by atoms with E-state index in [-0.39, 0.29) is 11.1 Å². The van der Waals surface area contributed by atoms with Gasteiger partial charge >= 0.3 is 29.9 Å². The van der Waals surface area contributed by atoms with E-state index in [0.29, 0.717) is 0 Å². The number of carboxylic acid groups (broad SMARTS) is 1. The zero-order chi connectivity index (χ0) is 22.7. The minimum absolute atomic E-state index is 0.00414. The van der Waals surface area contributed by atoms with Crippen molar-refractivity contribution in [3.8, 4) is 5.75 Å². The van der Waals surface area contributed by atoms with Crippen LogP contribution in [0.25, 0.3) is 0 Å². The standard InChI is InChI=1S/C14H14O8.C7H8O/c1-8(15)20-14(3,21-9(2)16)22-13(19)11-6-4-10(5-7-11)12(17)18;1-8-7-5-3-2-4-6-7/h4-7H,1-3H3,(H,17,18);2-6H,1H3. The lowest BCUT2D eigenvalue weighted by atomic mass is 10.1. The van der Waals surface area contributed by atoms with Crippen LogP contribution in [0, 0.1) is 0 Å². The summed E-state index contributed by atoms with van der Waals surface area (Å²) >= 11 is 0. The summed E-state index contributed by atoms with van der Waals surface area (Å²) in [5, 5.41) is 8.77. The summed E-state index contributed by atoms with van der Waals surface area (Å²) in [5.74, 6) is -5.05. The molecule has 160 valence electrons. The number of aromatic carboxylic acids is 1. The van der Waals surface area contributed by atoms with Gasteiger partial charge in [-0.3, -0.25) is 9.59 Å². The van der Waals surface area contributed by atoms with E-state index in [9.17, 15) is 19.2 Å². The summed E-state index contributed by atoms with van der Waals surface area (Å²) in [4.78, 5) is 44.7. The van der Waals surface area contributed by atoms with Gasteiger partial charge in [0.1, 0.15) is 5.75 Å². The predicted octanol–water partition coefficient (Wildman–Crippen LogP) is 3.04. The molecule has 0 aliphatic carbocycles. The van der Waals surface area contributed by atoms with Gasteiger partial charge in [-0.15, -0.1) is 0 Å². The highest BCUT2D eigenvalue weighted by atomic mass is 16.9. The minimum atomic E-state index is -2.21. The predicted molar refractivity (Wildman–Crippen MR) is 104 cm³/mol. The average Bonchev–Trinajstić information content (AvgIpc) is 2.67. The largest absolute Gasteiger partial charge is 0.497 e. The van der Waals surface area contributed by atoms with E-state index in [1.807, 2.05) is 30.3 Å². The summed E-state index contributed by atoms with van der Waals surface area (Å²) in [5.41, 5.74) is -0.0187. The molecule has 0 aromatic heterocycles. The molecule has 0 aliphatic heterocycles. The fourth-order valence-electron chi connectivity index (χ4n) is 2.12. The molecule has 2 rings (SSSR count). The molecular formula is C21H22O9. The number of rotatable bonds is 6. The molecule has 2 aromatic rings. The fraction of sp³-hybridized carbons (Fsp3) is 0.238. The molecule has 2 aromatic carbocycles. The Balaban J connectivity index is 0.000000467. The molecule has 0 saturated carbocycles. The molecule has 0 radical (unpaired) electrons. The van der Waals surface area contributed by atoms with Gasteiger partial charge < -0.3 is 24.1 Å². The maximum atomic E-state index is 12.0. The van der Waals surface area contributed by atoms with Gasteiger partial charge in [-0.05, 0) is 36.4 Å². The van der Waals surface area contributed by atoms with E-state index in [2.05, 4.69) is 9.47 Å². The maximum Gasteiger partial charge on any atom is 0.420 e. The Morgan fingerprint density at radius 1 is 0.767 bits per heavy atom. The normalized spacial score (nSPS) is 10.0. The minimum Gasteiger partial charge on any atom is -0.497 e. The second-order valence-electron chi connectivity index (χ2n) is 5.84. The van der Waals surface area contributed by atoms with Crippen LogP contribution in [-0.2, 0) is 23.8 Å². The number of hydrogen-bond donors (Lipinski definition) is 1. The SMILES string of the molecule is CC(=O)OC(C)(OC(C)=O)OC(=O)c1ccc(C(=O)O)cc1.COc1ccccc1. The van der Waals surface area contributed by atoms with Crippen LogP contribution in [0.15, 0.2) is 54.6 Å². The Bertz CT molecular complexity index is 857. The van der Waals surface area contributed by atoms with Gasteiger partial charge in [0, 0.05) is 13.8 Å². The van der Waals surface area contributed by atoms with Gasteiger partial charge in [0.2, 0.25) is 0 Å². The van der Waals surface area contributed by atoms with E-state index >= 15 is 0 Å². The third-order valence-corrected chi connectivity index (χ3v) is 3.28. The number of para-hydroxylation sites is 1. The number of carbonyl (C=O) groups is 4. The van der Waals surface area contributed by atoms with Gasteiger partial charge in [0.15, 0.2) is 0 Å². The Kier molecular flexibility index (Phi) is 9.02. The molecule has 0 heterocycles. The van der Waals surface area contributed by atoms with Crippen LogP contribution < -0.4 is 4.74 Å². The monoisotopic (exact) mass is 418 g/mol. The number of esters is 3. The molecule has 30 heavy (non-hydrogen) atoms. The molecule has 0 bridgehead atoms. The molecule has 0 saturated heterocycles. The number of benzene rings is 2. The van der Waals surface area contributed by atoms with Crippen molar-refractivity contribution in [3.63, 3.8) is 0 Å². The number of methoxy groups -OCH3 is 1. The highest BCUT2D eigenvalue weighted by Gasteiger charge is 2.36. The van der Waals surface area contributed by atoms with Crippen molar-refractivity contribution < 1.29 is 43.2 Å². The van der Waals surface area contributed by atoms with Crippen molar-refractivity contribution >= 4 is 23.9 Å². The van der Waals surface area contributed by atoms with E-state index in [4.69, 9.17) is 14.6 Å². The smallest absolute Gasteiger partial charge is 0.420 e. The molecule has 0 atom stereocenters. The molecule has 0 aliphatic rings. The molecule has 9 nitrogen and oxygen atoms in total. The Morgan fingerprint density at radius 2 is 1.23 bits per heavy atom. The maximum absolute atomic E-state index is 12.0. The quantitative estimate of drug-likeness (QED) is 0.556. The Morgan fingerprint density at radius 3 is 1.60 bits per heavy atom. The Hall–Kier alpha value is -3.88. The van der Waals surface area contributed by atoms with Gasteiger partial charge in [0.05, 0.1) is 25.2 Å². The van der Waals surface area contributed by atoms with Crippen LogP contribution in [0.2, 0.25) is 0 Å². The van der Waals surface area contributed by atoms with Crippen molar-refractivity contribution in [1.82, 2.24) is 0 Å². The molecule has 0 unspecified atom stereocenters. The molecule has 1 N–H and O–H groups in total. The number of carboxylic acids is 1. The highest BCUT2D eigenvalue weighted by molar-refractivity contribution is 5.92. The topological polar surface area (TPSA) is 125 Å². The number of ether oxygens (including phenoxy) is 4. The average molecular weight is 418 g/mol. The second-order valence-corrected chi connectivity index (χ2v) is 5.84. The van der Waals surface area contributed by atoms with E-state index in [1.54, 1.807) is 7.11 Å². The first-order chi connectivity index (χ1) is 14.1. The van der Waals surface area contributed by atoms with Crippen molar-refractivity contribution in [1.29, 1.82) is 0 Å². The summed E-state index contributed by atoms with van der Waals surface area (Å²) in [7, 11) is 1.66. The number of carbonyl (C=O) groups excluding carboxylic acids is 3. The third-order valence-electron chi connectivity index (χ3n) is 3.28. The Labute approximate surface area is 173 Å². The van der Waals surface area contributed by atoms with Gasteiger partial charge in [-0.2, -0.15) is 0 Å². The van der Waals surface area contributed by atoms with Gasteiger partial charge in [-0.1, -0.05) is 18.2 Å². The molecule has 0 spiro atoms. The van der Waals surface area contributed by atoms with Crippen molar-refractivity contribution in [2.24, 2.45) is 0 Å². The molecule has 0 fully saturated rings. The second kappa shape index (κ2) is 11.2. The summed E-state index contributed by atoms with van der Waals surface area (Å²) in [6.45, 7) is 3.19. The van der Waals surface area contributed by atoms with Crippen molar-refractivity contribution in [2.75, 3.05) is 7.11 Å². The van der Waals surface area contributed by atoms with Crippen LogP contribution in [0.5, 0.6) is 5.75 Å². The van der Waals surface area contributed by atoms with Crippen molar-refractivity contribution in [3.05, 3.63) is 65.7 Å². The first kappa shape index (κ1) is 24.2. The first-order valence-corrected chi connectivity index (χ1v) is 8.61. The fourth-order valence-corrected chi connectivity index (χ4v) is 2.12. The van der Waals surface area contributed by atoms with Crippen LogP contribution in [0.4, 0.5) is 0 Å². The zero-order valence-electron chi connectivity index (χ0n) is 16.9. The van der Waals surface area contributed by atoms with Crippen molar-refractivity contribution in [2.45, 2.75) is 26.7 Å². The van der Waals surface area contributed by atoms with Gasteiger partial charge in [-0.25, -0.2) is 9.59 Å². The lowest BCUT2D eigenvalue weighted by molar-refractivity contribution is -0.309. The highest BCUT2D eigenvalue weighted by Crippen LogP contribution is 2.18. The molecule has 0 amide bonds. The van der Waals surface area contributed by atoms with E-state index in [1.165, 1.54) is 24.3 Å². The zero-order valence-corrected chi connectivity index (χ0v) is 16.9. The van der Waals surface area contributed by atoms with Crippen LogP contribution in [0.1, 0.15) is 41.5 Å². The van der Waals surface area contributed by atoms with Crippen LogP contribution in [0.3, 0.4) is 0 Å². The third kappa shape index (κ3) is 8.42. The summed E-state index contributed by atoms with van der Waals surface area (Å²) in [6.07, 6.45) is 0. The lowest BCUT2D eigenvalue weighted by Crippen LogP contribution is -2.40. The van der Waals surface area contributed by atoms with Gasteiger partial charge in [0.25, 0.3) is 0 Å². The first-order valence-electron chi connectivity index (χ1n) is 8.61. The van der Waals surface area contributed by atoms with Crippen LogP contribution in [-0.4, -0.2) is 42.1 Å².